The number of aryl methyl sites for hydroxylation is 1. The van der Waals surface area contributed by atoms with Gasteiger partial charge in [0.2, 0.25) is 0 Å². The molecule has 2 rings (SSSR count). The van der Waals surface area contributed by atoms with Gasteiger partial charge >= 0.3 is 0 Å². The topological polar surface area (TPSA) is 22.1 Å². The smallest absolute Gasteiger partial charge is 0.131 e. The minimum absolute atomic E-state index is 0.536. The van der Waals surface area contributed by atoms with Crippen LogP contribution in [0.3, 0.4) is 0 Å². The fourth-order valence-corrected chi connectivity index (χ4v) is 2.44. The number of rotatable bonds is 4. The molecule has 1 aromatic carbocycles. The molecule has 2 aromatic rings. The number of aromatic nitrogens is 1. The van der Waals surface area contributed by atoms with Crippen molar-refractivity contribution in [1.29, 1.82) is 0 Å². The Balaban J connectivity index is 2.04. The van der Waals surface area contributed by atoms with Gasteiger partial charge in [0.05, 0.1) is 10.7 Å². The van der Waals surface area contributed by atoms with Crippen LogP contribution >= 0.6 is 27.3 Å². The monoisotopic (exact) mass is 297 g/mol. The first kappa shape index (κ1) is 11.6. The summed E-state index contributed by atoms with van der Waals surface area (Å²) in [5.41, 5.74) is 2.15. The van der Waals surface area contributed by atoms with Gasteiger partial charge in [0.15, 0.2) is 0 Å². The van der Waals surface area contributed by atoms with Gasteiger partial charge in [0.25, 0.3) is 0 Å². The average Bonchev–Trinajstić information content (AvgIpc) is 2.73. The largest absolute Gasteiger partial charge is 0.487 e. The van der Waals surface area contributed by atoms with E-state index in [9.17, 15) is 0 Å². The second-order valence-corrected chi connectivity index (χ2v) is 5.01. The summed E-state index contributed by atoms with van der Waals surface area (Å²) in [6, 6.07) is 8.02. The number of hydrogen-bond acceptors (Lipinski definition) is 3. The van der Waals surface area contributed by atoms with Crippen molar-refractivity contribution in [2.45, 2.75) is 18.9 Å². The lowest BCUT2D eigenvalue weighted by Gasteiger charge is -2.08. The van der Waals surface area contributed by atoms with Gasteiger partial charge in [-0.05, 0) is 13.0 Å². The molecule has 1 heterocycles. The van der Waals surface area contributed by atoms with E-state index < -0.39 is 0 Å². The minimum Gasteiger partial charge on any atom is -0.487 e. The van der Waals surface area contributed by atoms with Gasteiger partial charge in [-0.1, -0.05) is 34.1 Å². The molecule has 0 bridgehead atoms. The van der Waals surface area contributed by atoms with Crippen molar-refractivity contribution in [3.05, 3.63) is 45.9 Å². The first-order chi connectivity index (χ1) is 7.79. The molecule has 16 heavy (non-hydrogen) atoms. The molecule has 4 heteroatoms. The highest BCUT2D eigenvalue weighted by Gasteiger charge is 2.03. The number of alkyl halides is 1. The van der Waals surface area contributed by atoms with E-state index in [-0.39, 0.29) is 0 Å². The van der Waals surface area contributed by atoms with Crippen LogP contribution in [0.15, 0.2) is 29.6 Å². The molecule has 0 atom stereocenters. The number of hydrogen-bond donors (Lipinski definition) is 0. The summed E-state index contributed by atoms with van der Waals surface area (Å²) in [7, 11) is 0. The Morgan fingerprint density at radius 2 is 2.19 bits per heavy atom. The van der Waals surface area contributed by atoms with E-state index in [1.807, 2.05) is 30.5 Å². The summed E-state index contributed by atoms with van der Waals surface area (Å²) in [5, 5.41) is 3.91. The molecule has 0 N–H and O–H groups in total. The maximum absolute atomic E-state index is 5.74. The molecule has 1 aromatic heterocycles. The van der Waals surface area contributed by atoms with Crippen molar-refractivity contribution >= 4 is 27.3 Å². The minimum atomic E-state index is 0.536. The predicted octanol–water partition coefficient (Wildman–Crippen LogP) is 3.93. The number of halogens is 1. The molecule has 84 valence electrons. The zero-order valence-corrected chi connectivity index (χ0v) is 11.3. The third-order valence-electron chi connectivity index (χ3n) is 2.16. The summed E-state index contributed by atoms with van der Waals surface area (Å²) in [6.45, 7) is 2.54. The molecular formula is C12H12BrNOS. The van der Waals surface area contributed by atoms with E-state index >= 15 is 0 Å². The van der Waals surface area contributed by atoms with Crippen molar-refractivity contribution in [2.75, 3.05) is 0 Å². The molecule has 0 spiro atoms. The van der Waals surface area contributed by atoms with E-state index in [1.54, 1.807) is 11.3 Å². The number of thiazole rings is 1. The summed E-state index contributed by atoms with van der Waals surface area (Å²) in [5.74, 6) is 0.921. The summed E-state index contributed by atoms with van der Waals surface area (Å²) < 4.78 is 5.74. The Labute approximate surface area is 107 Å². The van der Waals surface area contributed by atoms with Crippen molar-refractivity contribution in [3.8, 4) is 5.75 Å². The van der Waals surface area contributed by atoms with Crippen LogP contribution in [0, 0.1) is 6.92 Å². The molecular weight excluding hydrogens is 286 g/mol. The van der Waals surface area contributed by atoms with Crippen molar-refractivity contribution in [1.82, 2.24) is 4.98 Å². The SMILES string of the molecule is Cc1nc(COc2ccccc2CBr)cs1. The van der Waals surface area contributed by atoms with Crippen LogP contribution in [-0.2, 0) is 11.9 Å². The van der Waals surface area contributed by atoms with Crippen molar-refractivity contribution in [3.63, 3.8) is 0 Å². The van der Waals surface area contributed by atoms with Crippen LogP contribution in [0.5, 0.6) is 5.75 Å². The Morgan fingerprint density at radius 3 is 2.88 bits per heavy atom. The van der Waals surface area contributed by atoms with Gasteiger partial charge in [-0.3, -0.25) is 0 Å². The maximum Gasteiger partial charge on any atom is 0.131 e. The average molecular weight is 298 g/mol. The Kier molecular flexibility index (Phi) is 3.96. The van der Waals surface area contributed by atoms with Crippen LogP contribution in [0.25, 0.3) is 0 Å². The van der Waals surface area contributed by atoms with Gasteiger partial charge < -0.3 is 4.74 Å². The first-order valence-corrected chi connectivity index (χ1v) is 6.97. The number of benzene rings is 1. The zero-order valence-electron chi connectivity index (χ0n) is 8.94. The van der Waals surface area contributed by atoms with Crippen LogP contribution in [0.4, 0.5) is 0 Å². The van der Waals surface area contributed by atoms with Gasteiger partial charge in [0, 0.05) is 16.3 Å². The van der Waals surface area contributed by atoms with Crippen molar-refractivity contribution in [2.24, 2.45) is 0 Å². The molecule has 0 radical (unpaired) electrons. The van der Waals surface area contributed by atoms with Crippen LogP contribution in [0.1, 0.15) is 16.3 Å². The van der Waals surface area contributed by atoms with E-state index in [1.165, 1.54) is 0 Å². The number of para-hydroxylation sites is 1. The maximum atomic E-state index is 5.74. The normalized spacial score (nSPS) is 10.4. The van der Waals surface area contributed by atoms with E-state index in [0.717, 1.165) is 27.3 Å². The van der Waals surface area contributed by atoms with Crippen LogP contribution < -0.4 is 4.74 Å². The lowest BCUT2D eigenvalue weighted by atomic mass is 10.2. The van der Waals surface area contributed by atoms with E-state index in [2.05, 4.69) is 27.0 Å². The zero-order chi connectivity index (χ0) is 11.4. The second-order valence-electron chi connectivity index (χ2n) is 3.39. The molecule has 0 saturated heterocycles. The molecule has 2 nitrogen and oxygen atoms in total. The Morgan fingerprint density at radius 1 is 1.38 bits per heavy atom. The third-order valence-corrected chi connectivity index (χ3v) is 3.59. The number of ether oxygens (including phenoxy) is 1. The molecule has 0 aliphatic rings. The summed E-state index contributed by atoms with van der Waals surface area (Å²) in [4.78, 5) is 4.36. The summed E-state index contributed by atoms with van der Waals surface area (Å²) >= 11 is 5.09. The first-order valence-electron chi connectivity index (χ1n) is 4.97. The second kappa shape index (κ2) is 5.46. The number of nitrogens with zero attached hydrogens (tertiary/aromatic N) is 1. The van der Waals surface area contributed by atoms with E-state index in [4.69, 9.17) is 4.74 Å². The fraction of sp³-hybridized carbons (Fsp3) is 0.250. The fourth-order valence-electron chi connectivity index (χ4n) is 1.38. The lowest BCUT2D eigenvalue weighted by Crippen LogP contribution is -1.97. The molecule has 0 saturated carbocycles. The predicted molar refractivity (Wildman–Crippen MR) is 70.3 cm³/mol. The standard InChI is InChI=1S/C12H12BrNOS/c1-9-14-11(8-16-9)7-15-12-5-3-2-4-10(12)6-13/h2-5,8H,6-7H2,1H3. The quantitative estimate of drug-likeness (QED) is 0.798. The molecule has 0 unspecified atom stereocenters. The van der Waals surface area contributed by atoms with Gasteiger partial charge in [-0.2, -0.15) is 0 Å². The highest BCUT2D eigenvalue weighted by atomic mass is 79.9. The molecule has 0 aliphatic heterocycles. The highest BCUT2D eigenvalue weighted by Crippen LogP contribution is 2.21. The molecule has 0 amide bonds. The highest BCUT2D eigenvalue weighted by molar-refractivity contribution is 9.08. The van der Waals surface area contributed by atoms with Gasteiger partial charge in [0.1, 0.15) is 12.4 Å². The summed E-state index contributed by atoms with van der Waals surface area (Å²) in [6.07, 6.45) is 0. The van der Waals surface area contributed by atoms with Gasteiger partial charge in [-0.25, -0.2) is 4.98 Å². The van der Waals surface area contributed by atoms with Crippen LogP contribution in [-0.4, -0.2) is 4.98 Å². The molecule has 0 fully saturated rings. The lowest BCUT2D eigenvalue weighted by molar-refractivity contribution is 0.300. The van der Waals surface area contributed by atoms with E-state index in [0.29, 0.717) is 6.61 Å². The molecule has 0 aliphatic carbocycles. The Hall–Kier alpha value is -0.870. The van der Waals surface area contributed by atoms with Gasteiger partial charge in [-0.15, -0.1) is 11.3 Å². The Bertz CT molecular complexity index is 470. The third kappa shape index (κ3) is 2.83. The van der Waals surface area contributed by atoms with Crippen LogP contribution in [0.2, 0.25) is 0 Å². The van der Waals surface area contributed by atoms with Crippen molar-refractivity contribution < 1.29 is 4.74 Å².